The summed E-state index contributed by atoms with van der Waals surface area (Å²) in [5.41, 5.74) is 1.01. The second kappa shape index (κ2) is 13.9. The molecule has 10 nitrogen and oxygen atoms in total. The number of ether oxygens (including phenoxy) is 3. The normalized spacial score (nSPS) is 16.0. The molecule has 1 saturated heterocycles. The van der Waals surface area contributed by atoms with Crippen molar-refractivity contribution < 1.29 is 33.7 Å². The van der Waals surface area contributed by atoms with Gasteiger partial charge in [0, 0.05) is 18.0 Å². The van der Waals surface area contributed by atoms with E-state index in [0.717, 1.165) is 30.6 Å². The first kappa shape index (κ1) is 30.4. The number of aliphatic hydroxyl groups excluding tert-OH is 1. The van der Waals surface area contributed by atoms with E-state index in [1.807, 2.05) is 6.92 Å². The number of hydrogen-bond donors (Lipinski definition) is 1. The van der Waals surface area contributed by atoms with Gasteiger partial charge >= 0.3 is 11.9 Å². The second-order valence-electron chi connectivity index (χ2n) is 9.40. The summed E-state index contributed by atoms with van der Waals surface area (Å²) in [5.74, 6) is -1.81. The third kappa shape index (κ3) is 6.36. The molecule has 4 rings (SSSR count). The van der Waals surface area contributed by atoms with Crippen molar-refractivity contribution in [3.8, 4) is 11.5 Å². The average molecular weight is 592 g/mol. The van der Waals surface area contributed by atoms with Gasteiger partial charge in [-0.1, -0.05) is 49.8 Å². The number of rotatable bonds is 13. The Morgan fingerprint density at radius 1 is 1.12 bits per heavy atom. The molecule has 0 spiro atoms. The second-order valence-corrected chi connectivity index (χ2v) is 10.4. The van der Waals surface area contributed by atoms with E-state index in [1.165, 1.54) is 23.4 Å². The minimum atomic E-state index is -1.07. The minimum Gasteiger partial charge on any atom is -0.507 e. The number of esters is 1. The predicted octanol–water partition coefficient (Wildman–Crippen LogP) is 5.78. The van der Waals surface area contributed by atoms with Crippen LogP contribution in [0.25, 0.3) is 5.76 Å². The van der Waals surface area contributed by atoms with Crippen molar-refractivity contribution in [3.05, 3.63) is 82.7 Å². The molecule has 42 heavy (non-hydrogen) atoms. The number of carbonyl (C=O) groups excluding carboxylic acids is 3. The average Bonchev–Trinajstić information content (AvgIpc) is 3.51. The fraction of sp³-hybridized carbons (Fsp3) is 0.323. The summed E-state index contributed by atoms with van der Waals surface area (Å²) in [7, 11) is 0. The summed E-state index contributed by atoms with van der Waals surface area (Å²) in [6.45, 7) is 9.99. The molecule has 0 aliphatic carbocycles. The van der Waals surface area contributed by atoms with E-state index < -0.39 is 23.7 Å². The number of Topliss-reactive ketones (excluding diaryl/α,β-unsaturated/α-hetero) is 1. The molecule has 1 atom stereocenters. The van der Waals surface area contributed by atoms with Crippen LogP contribution in [0.15, 0.2) is 61.0 Å². The van der Waals surface area contributed by atoms with Gasteiger partial charge in [-0.25, -0.2) is 9.78 Å². The van der Waals surface area contributed by atoms with Gasteiger partial charge < -0.3 is 19.3 Å². The Bertz CT molecular complexity index is 1500. The van der Waals surface area contributed by atoms with Crippen molar-refractivity contribution in [2.45, 2.75) is 46.1 Å². The van der Waals surface area contributed by atoms with Crippen LogP contribution in [0.5, 0.6) is 11.5 Å². The highest BCUT2D eigenvalue weighted by atomic mass is 32.1. The summed E-state index contributed by atoms with van der Waals surface area (Å²) in [5, 5.41) is 11.4. The van der Waals surface area contributed by atoms with Gasteiger partial charge in [0.05, 0.1) is 30.5 Å². The summed E-state index contributed by atoms with van der Waals surface area (Å²) >= 11 is 0.925. The Balaban J connectivity index is 1.85. The lowest BCUT2D eigenvalue weighted by atomic mass is 9.95. The first-order valence-electron chi connectivity index (χ1n) is 13.7. The molecule has 1 N–H and O–H groups in total. The van der Waals surface area contributed by atoms with Gasteiger partial charge in [-0.3, -0.25) is 19.5 Å². The summed E-state index contributed by atoms with van der Waals surface area (Å²) < 4.78 is 17.0. The molecule has 3 heterocycles. The maximum absolute atomic E-state index is 13.6. The number of nitrogens with zero attached hydrogens (tertiary/aromatic N) is 3. The number of pyridine rings is 1. The predicted molar refractivity (Wildman–Crippen MR) is 159 cm³/mol. The number of carbonyl (C=O) groups is 3. The smallest absolute Gasteiger partial charge is 0.350 e. The SMILES string of the molecule is C=CCOC(=O)c1sc(N2C(=O)C(=O)/C(=C(/O)c3ccncc3)C2c2ccc(OCCCCC)c(OCC)c2)nc1C. The summed E-state index contributed by atoms with van der Waals surface area (Å²) in [4.78, 5) is 49.6. The van der Waals surface area contributed by atoms with Gasteiger partial charge in [0.1, 0.15) is 17.2 Å². The van der Waals surface area contributed by atoms with Crippen molar-refractivity contribution in [1.82, 2.24) is 9.97 Å². The fourth-order valence-corrected chi connectivity index (χ4v) is 5.49. The number of hydrogen-bond acceptors (Lipinski definition) is 10. The lowest BCUT2D eigenvalue weighted by Gasteiger charge is -2.24. The third-order valence-electron chi connectivity index (χ3n) is 6.50. The van der Waals surface area contributed by atoms with Crippen LogP contribution in [0, 0.1) is 6.92 Å². The van der Waals surface area contributed by atoms with E-state index in [1.54, 1.807) is 37.3 Å². The Morgan fingerprint density at radius 2 is 1.88 bits per heavy atom. The molecule has 0 radical (unpaired) electrons. The number of thiazole rings is 1. The van der Waals surface area contributed by atoms with Gasteiger partial charge in [0.15, 0.2) is 16.6 Å². The zero-order valence-electron chi connectivity index (χ0n) is 23.8. The van der Waals surface area contributed by atoms with E-state index >= 15 is 0 Å². The van der Waals surface area contributed by atoms with E-state index in [-0.39, 0.29) is 27.9 Å². The zero-order chi connectivity index (χ0) is 30.2. The number of anilines is 1. The molecular formula is C31H33N3O7S. The van der Waals surface area contributed by atoms with Crippen LogP contribution in [-0.2, 0) is 14.3 Å². The molecular weight excluding hydrogens is 558 g/mol. The van der Waals surface area contributed by atoms with Crippen LogP contribution in [0.3, 0.4) is 0 Å². The highest BCUT2D eigenvalue weighted by Gasteiger charge is 2.48. The molecule has 1 aliphatic heterocycles. The van der Waals surface area contributed by atoms with E-state index in [4.69, 9.17) is 14.2 Å². The molecule has 0 saturated carbocycles. The number of aromatic nitrogens is 2. The molecule has 11 heteroatoms. The number of aliphatic hydroxyl groups is 1. The van der Waals surface area contributed by atoms with E-state index in [0.29, 0.717) is 41.5 Å². The molecule has 1 amide bonds. The Labute approximate surface area is 248 Å². The van der Waals surface area contributed by atoms with E-state index in [2.05, 4.69) is 23.5 Å². The number of benzene rings is 1. The van der Waals surface area contributed by atoms with Crippen LogP contribution in [0.4, 0.5) is 5.13 Å². The molecule has 1 unspecified atom stereocenters. The molecule has 3 aromatic rings. The maximum atomic E-state index is 13.6. The van der Waals surface area contributed by atoms with Crippen LogP contribution >= 0.6 is 11.3 Å². The third-order valence-corrected chi connectivity index (χ3v) is 7.63. The maximum Gasteiger partial charge on any atom is 0.350 e. The zero-order valence-corrected chi connectivity index (χ0v) is 24.6. The monoisotopic (exact) mass is 591 g/mol. The number of aryl methyl sites for hydroxylation is 1. The van der Waals surface area contributed by atoms with Gasteiger partial charge in [-0.05, 0) is 50.1 Å². The van der Waals surface area contributed by atoms with Crippen molar-refractivity contribution in [2.75, 3.05) is 24.7 Å². The molecule has 0 bridgehead atoms. The van der Waals surface area contributed by atoms with Crippen LogP contribution in [0.1, 0.15) is 65.6 Å². The Morgan fingerprint density at radius 3 is 2.57 bits per heavy atom. The van der Waals surface area contributed by atoms with Gasteiger partial charge in [0.25, 0.3) is 5.78 Å². The largest absolute Gasteiger partial charge is 0.507 e. The number of ketones is 1. The quantitative estimate of drug-likeness (QED) is 0.0656. The summed E-state index contributed by atoms with van der Waals surface area (Å²) in [6.07, 6.45) is 7.37. The number of unbranched alkanes of at least 4 members (excludes halogenated alkanes) is 2. The number of amides is 1. The highest BCUT2D eigenvalue weighted by Crippen LogP contribution is 2.45. The van der Waals surface area contributed by atoms with Crippen molar-refractivity contribution in [2.24, 2.45) is 0 Å². The Kier molecular flexibility index (Phi) is 10.1. The van der Waals surface area contributed by atoms with Gasteiger partial charge in [-0.2, -0.15) is 0 Å². The first-order valence-corrected chi connectivity index (χ1v) is 14.5. The first-order chi connectivity index (χ1) is 20.3. The lowest BCUT2D eigenvalue weighted by molar-refractivity contribution is -0.132. The highest BCUT2D eigenvalue weighted by molar-refractivity contribution is 7.17. The lowest BCUT2D eigenvalue weighted by Crippen LogP contribution is -2.29. The molecule has 1 aromatic carbocycles. The summed E-state index contributed by atoms with van der Waals surface area (Å²) in [6, 6.07) is 7.15. The van der Waals surface area contributed by atoms with Crippen molar-refractivity contribution in [3.63, 3.8) is 0 Å². The van der Waals surface area contributed by atoms with Gasteiger partial charge in [-0.15, -0.1) is 0 Å². The van der Waals surface area contributed by atoms with Crippen LogP contribution < -0.4 is 14.4 Å². The minimum absolute atomic E-state index is 0.00895. The van der Waals surface area contributed by atoms with E-state index in [9.17, 15) is 19.5 Å². The fourth-order valence-electron chi connectivity index (χ4n) is 4.50. The molecule has 220 valence electrons. The molecule has 1 fully saturated rings. The van der Waals surface area contributed by atoms with Crippen molar-refractivity contribution in [1.29, 1.82) is 0 Å². The Hall–Kier alpha value is -4.51. The molecule has 2 aromatic heterocycles. The van der Waals surface area contributed by atoms with Crippen LogP contribution in [0.2, 0.25) is 0 Å². The van der Waals surface area contributed by atoms with Gasteiger partial charge in [0.2, 0.25) is 0 Å². The standard InChI is InChI=1S/C31H33N3O7S/c1-5-8-9-17-40-22-11-10-21(18-23(22)39-7-3)25-24(26(35)20-12-14-32-15-13-20)27(36)29(37)34(25)31-33-19(4)28(42-31)30(38)41-16-6-2/h6,10-15,18,25,35H,2,5,7-9,16-17H2,1,3-4H3/b26-24+. The molecule has 1 aliphatic rings. The van der Waals surface area contributed by atoms with Crippen molar-refractivity contribution >= 4 is 39.9 Å². The topological polar surface area (TPSA) is 128 Å². The van der Waals surface area contributed by atoms with Crippen LogP contribution in [-0.4, -0.2) is 52.6 Å².